The Bertz CT molecular complexity index is 1210. The number of aromatic nitrogens is 5. The van der Waals surface area contributed by atoms with E-state index in [1.54, 1.807) is 0 Å². The van der Waals surface area contributed by atoms with Gasteiger partial charge in [-0.15, -0.1) is 0 Å². The highest BCUT2D eigenvalue weighted by Crippen LogP contribution is 2.37. The third-order valence-corrected chi connectivity index (χ3v) is 5.99. The quantitative estimate of drug-likeness (QED) is 0.569. The third-order valence-electron chi connectivity index (χ3n) is 5.99. The van der Waals surface area contributed by atoms with Gasteiger partial charge in [0.15, 0.2) is 11.6 Å². The molecule has 0 bridgehead atoms. The van der Waals surface area contributed by atoms with Gasteiger partial charge in [0.2, 0.25) is 0 Å². The van der Waals surface area contributed by atoms with Gasteiger partial charge < -0.3 is 19.5 Å². The summed E-state index contributed by atoms with van der Waals surface area (Å²) in [5, 5.41) is 5.46. The molecule has 8 heteroatoms. The predicted molar refractivity (Wildman–Crippen MR) is 116 cm³/mol. The Balaban J connectivity index is 1.44. The average molecular weight is 401 g/mol. The van der Waals surface area contributed by atoms with Crippen LogP contribution in [0, 0.1) is 0 Å². The van der Waals surface area contributed by atoms with E-state index in [0.29, 0.717) is 0 Å². The second-order valence-electron chi connectivity index (χ2n) is 7.97. The standard InChI is InChI=1S/C22H23N7O/c1-27-11-15(9-25-27)12-28-13-16-14-30-8-7-29(16)22-20(28)10-24-21(26-22)18-3-2-4-19-17(18)5-6-23-19/h2-6,9-11,16,23H,7-8,12-14H2,1H3. The molecule has 0 amide bonds. The summed E-state index contributed by atoms with van der Waals surface area (Å²) in [5.74, 6) is 1.75. The number of morpholine rings is 1. The van der Waals surface area contributed by atoms with Gasteiger partial charge in [0.05, 0.1) is 37.3 Å². The zero-order chi connectivity index (χ0) is 20.1. The number of benzene rings is 1. The Labute approximate surface area is 174 Å². The summed E-state index contributed by atoms with van der Waals surface area (Å²) in [6, 6.07) is 8.58. The minimum atomic E-state index is 0.286. The lowest BCUT2D eigenvalue weighted by Gasteiger charge is -2.45. The maximum Gasteiger partial charge on any atom is 0.162 e. The highest BCUT2D eigenvalue weighted by molar-refractivity contribution is 5.93. The van der Waals surface area contributed by atoms with Crippen LogP contribution in [0.1, 0.15) is 5.56 Å². The number of H-pyrrole nitrogens is 1. The van der Waals surface area contributed by atoms with Crippen molar-refractivity contribution in [3.63, 3.8) is 0 Å². The maximum atomic E-state index is 5.79. The number of anilines is 2. The topological polar surface area (TPSA) is 75.1 Å². The molecule has 1 atom stereocenters. The molecule has 0 saturated carbocycles. The molecule has 1 fully saturated rings. The van der Waals surface area contributed by atoms with Gasteiger partial charge in [-0.2, -0.15) is 5.10 Å². The first kappa shape index (κ1) is 17.5. The van der Waals surface area contributed by atoms with Crippen LogP contribution in [0.3, 0.4) is 0 Å². The lowest BCUT2D eigenvalue weighted by Crippen LogP contribution is -2.55. The van der Waals surface area contributed by atoms with E-state index >= 15 is 0 Å². The Morgan fingerprint density at radius 3 is 3.10 bits per heavy atom. The van der Waals surface area contributed by atoms with E-state index in [9.17, 15) is 0 Å². The Kier molecular flexibility index (Phi) is 3.98. The molecule has 1 saturated heterocycles. The smallest absolute Gasteiger partial charge is 0.162 e. The molecule has 152 valence electrons. The second kappa shape index (κ2) is 6.84. The van der Waals surface area contributed by atoms with E-state index in [2.05, 4.69) is 44.3 Å². The van der Waals surface area contributed by atoms with E-state index in [4.69, 9.17) is 14.7 Å². The van der Waals surface area contributed by atoms with Crippen molar-refractivity contribution in [3.8, 4) is 11.4 Å². The molecule has 5 heterocycles. The minimum Gasteiger partial charge on any atom is -0.377 e. The van der Waals surface area contributed by atoms with Crippen LogP contribution in [0.4, 0.5) is 11.5 Å². The highest BCUT2D eigenvalue weighted by Gasteiger charge is 2.35. The van der Waals surface area contributed by atoms with Crippen LogP contribution in [0.5, 0.6) is 0 Å². The fourth-order valence-corrected chi connectivity index (χ4v) is 4.57. The summed E-state index contributed by atoms with van der Waals surface area (Å²) in [5.41, 5.74) is 4.39. The molecule has 8 nitrogen and oxygen atoms in total. The van der Waals surface area contributed by atoms with Crippen LogP contribution < -0.4 is 9.80 Å². The van der Waals surface area contributed by atoms with E-state index in [1.807, 2.05) is 36.4 Å². The van der Waals surface area contributed by atoms with Crippen molar-refractivity contribution in [2.24, 2.45) is 7.05 Å². The van der Waals surface area contributed by atoms with Crippen molar-refractivity contribution in [1.29, 1.82) is 0 Å². The molecule has 4 aromatic rings. The fourth-order valence-electron chi connectivity index (χ4n) is 4.57. The molecule has 1 aromatic carbocycles. The summed E-state index contributed by atoms with van der Waals surface area (Å²) < 4.78 is 7.63. The van der Waals surface area contributed by atoms with Crippen LogP contribution in [0.15, 0.2) is 49.1 Å². The molecule has 1 N–H and O–H groups in total. The summed E-state index contributed by atoms with van der Waals surface area (Å²) in [7, 11) is 1.95. The van der Waals surface area contributed by atoms with E-state index in [-0.39, 0.29) is 6.04 Å². The van der Waals surface area contributed by atoms with Crippen LogP contribution >= 0.6 is 0 Å². The molecule has 2 aliphatic heterocycles. The van der Waals surface area contributed by atoms with Gasteiger partial charge in [-0.3, -0.25) is 4.68 Å². The Hall–Kier alpha value is -3.39. The number of ether oxygens (including phenoxy) is 1. The monoisotopic (exact) mass is 401 g/mol. The van der Waals surface area contributed by atoms with Crippen molar-refractivity contribution in [2.75, 3.05) is 36.1 Å². The zero-order valence-corrected chi connectivity index (χ0v) is 16.8. The number of aryl methyl sites for hydroxylation is 1. The number of nitrogens with zero attached hydrogens (tertiary/aromatic N) is 6. The van der Waals surface area contributed by atoms with E-state index in [0.717, 1.165) is 66.6 Å². The molecule has 6 rings (SSSR count). The lowest BCUT2D eigenvalue weighted by atomic mass is 10.1. The fraction of sp³-hybridized carbons (Fsp3) is 0.318. The first-order valence-corrected chi connectivity index (χ1v) is 10.3. The maximum absolute atomic E-state index is 5.79. The lowest BCUT2D eigenvalue weighted by molar-refractivity contribution is 0.0936. The molecule has 0 aliphatic carbocycles. The van der Waals surface area contributed by atoms with Gasteiger partial charge in [-0.25, -0.2) is 9.97 Å². The van der Waals surface area contributed by atoms with Gasteiger partial charge in [0.25, 0.3) is 0 Å². The summed E-state index contributed by atoms with van der Waals surface area (Å²) in [6.45, 7) is 3.96. The van der Waals surface area contributed by atoms with Gasteiger partial charge >= 0.3 is 0 Å². The normalized spacial score (nSPS) is 18.5. The summed E-state index contributed by atoms with van der Waals surface area (Å²) >= 11 is 0. The zero-order valence-electron chi connectivity index (χ0n) is 16.8. The van der Waals surface area contributed by atoms with Crippen molar-refractivity contribution in [1.82, 2.24) is 24.7 Å². The van der Waals surface area contributed by atoms with Gasteiger partial charge in [0.1, 0.15) is 0 Å². The van der Waals surface area contributed by atoms with Crippen LogP contribution in [-0.2, 0) is 18.3 Å². The van der Waals surface area contributed by atoms with Crippen LogP contribution in [0.25, 0.3) is 22.3 Å². The first-order valence-electron chi connectivity index (χ1n) is 10.3. The van der Waals surface area contributed by atoms with Crippen LogP contribution in [0.2, 0.25) is 0 Å². The largest absolute Gasteiger partial charge is 0.377 e. The van der Waals surface area contributed by atoms with Gasteiger partial charge in [0, 0.05) is 61.1 Å². The molecule has 30 heavy (non-hydrogen) atoms. The van der Waals surface area contributed by atoms with Crippen molar-refractivity contribution in [3.05, 3.63) is 54.6 Å². The average Bonchev–Trinajstić information content (AvgIpc) is 3.42. The number of rotatable bonds is 3. The molecule has 1 unspecified atom stereocenters. The SMILES string of the molecule is Cn1cc(CN2CC3COCCN3c3nc(-c4cccc5[nH]ccc45)ncc32)cn1. The number of fused-ring (bicyclic) bond motifs is 4. The highest BCUT2D eigenvalue weighted by atomic mass is 16.5. The van der Waals surface area contributed by atoms with Crippen molar-refractivity contribution >= 4 is 22.4 Å². The van der Waals surface area contributed by atoms with E-state index < -0.39 is 0 Å². The summed E-state index contributed by atoms with van der Waals surface area (Å²) in [4.78, 5) is 17.9. The molecular formula is C22H23N7O. The first-order chi connectivity index (χ1) is 14.8. The number of hydrogen-bond acceptors (Lipinski definition) is 6. The number of nitrogens with one attached hydrogen (secondary N) is 1. The third kappa shape index (κ3) is 2.83. The van der Waals surface area contributed by atoms with Crippen molar-refractivity contribution in [2.45, 2.75) is 12.6 Å². The van der Waals surface area contributed by atoms with E-state index in [1.165, 1.54) is 5.56 Å². The van der Waals surface area contributed by atoms with Gasteiger partial charge in [-0.1, -0.05) is 12.1 Å². The van der Waals surface area contributed by atoms with Crippen molar-refractivity contribution < 1.29 is 4.74 Å². The predicted octanol–water partition coefficient (Wildman–Crippen LogP) is 2.58. The number of aromatic amines is 1. The molecular weight excluding hydrogens is 378 g/mol. The molecule has 2 aliphatic rings. The molecule has 0 radical (unpaired) electrons. The molecule has 3 aromatic heterocycles. The van der Waals surface area contributed by atoms with Crippen LogP contribution in [-0.4, -0.2) is 57.1 Å². The second-order valence-corrected chi connectivity index (χ2v) is 7.97. The Morgan fingerprint density at radius 2 is 2.20 bits per heavy atom. The number of hydrogen-bond donors (Lipinski definition) is 1. The minimum absolute atomic E-state index is 0.286. The van der Waals surface area contributed by atoms with Gasteiger partial charge in [-0.05, 0) is 12.1 Å². The Morgan fingerprint density at radius 1 is 1.23 bits per heavy atom. The summed E-state index contributed by atoms with van der Waals surface area (Å²) in [6.07, 6.45) is 7.92. The molecule has 0 spiro atoms.